The molecule has 8 heteroatoms. The molecule has 1 fully saturated rings. The predicted octanol–water partition coefficient (Wildman–Crippen LogP) is 0.725. The van der Waals surface area contributed by atoms with Crippen LogP contribution in [0.25, 0.3) is 0 Å². The monoisotopic (exact) mass is 385 g/mol. The van der Waals surface area contributed by atoms with E-state index in [1.54, 1.807) is 31.4 Å². The molecule has 28 heavy (non-hydrogen) atoms. The highest BCUT2D eigenvalue weighted by molar-refractivity contribution is 6.08. The molecular formula is C20H23N3O5. The van der Waals surface area contributed by atoms with Crippen LogP contribution in [0, 0.1) is 11.8 Å². The van der Waals surface area contributed by atoms with Crippen molar-refractivity contribution in [3.05, 3.63) is 42.0 Å². The summed E-state index contributed by atoms with van der Waals surface area (Å²) in [6.07, 6.45) is 4.87. The molecule has 1 heterocycles. The van der Waals surface area contributed by atoms with Gasteiger partial charge in [0.15, 0.2) is 0 Å². The van der Waals surface area contributed by atoms with E-state index in [0.717, 1.165) is 10.5 Å². The van der Waals surface area contributed by atoms with Gasteiger partial charge in [0.25, 0.3) is 5.91 Å². The second-order valence-electron chi connectivity index (χ2n) is 6.94. The van der Waals surface area contributed by atoms with Crippen LogP contribution < -0.4 is 15.6 Å². The highest BCUT2D eigenvalue weighted by atomic mass is 16.5. The second kappa shape index (κ2) is 8.24. The average molecular weight is 385 g/mol. The Hall–Kier alpha value is -3.16. The van der Waals surface area contributed by atoms with Gasteiger partial charge in [0.05, 0.1) is 25.4 Å². The van der Waals surface area contributed by atoms with E-state index in [0.29, 0.717) is 18.6 Å². The third kappa shape index (κ3) is 3.90. The van der Waals surface area contributed by atoms with Crippen LogP contribution in [-0.2, 0) is 25.6 Å². The van der Waals surface area contributed by atoms with Crippen LogP contribution in [0.2, 0.25) is 0 Å². The molecule has 1 aromatic rings. The Balaban J connectivity index is 1.53. The second-order valence-corrected chi connectivity index (χ2v) is 6.94. The van der Waals surface area contributed by atoms with Crippen LogP contribution in [0.15, 0.2) is 36.4 Å². The van der Waals surface area contributed by atoms with Crippen molar-refractivity contribution in [3.8, 4) is 5.75 Å². The number of likely N-dealkylation sites (tertiary alicyclic amines) is 1. The lowest BCUT2D eigenvalue weighted by Gasteiger charge is -2.22. The van der Waals surface area contributed by atoms with Gasteiger partial charge < -0.3 is 4.74 Å². The zero-order valence-corrected chi connectivity index (χ0v) is 15.8. The number of rotatable bonds is 5. The molecule has 2 N–H and O–H groups in total. The number of imide groups is 1. The minimum Gasteiger partial charge on any atom is -0.497 e. The topological polar surface area (TPSA) is 105 Å². The molecule has 3 rings (SSSR count). The normalized spacial score (nSPS) is 21.9. The van der Waals surface area contributed by atoms with E-state index < -0.39 is 29.7 Å². The summed E-state index contributed by atoms with van der Waals surface area (Å²) in [6, 6.07) is 5.98. The number of nitrogens with one attached hydrogen (secondary N) is 2. The van der Waals surface area contributed by atoms with E-state index in [4.69, 9.17) is 4.74 Å². The number of ether oxygens (including phenoxy) is 1. The van der Waals surface area contributed by atoms with Gasteiger partial charge in [0.2, 0.25) is 17.7 Å². The largest absolute Gasteiger partial charge is 0.497 e. The van der Waals surface area contributed by atoms with Gasteiger partial charge in [-0.15, -0.1) is 0 Å². The first-order chi connectivity index (χ1) is 13.4. The smallest absolute Gasteiger partial charge is 0.261 e. The SMILES string of the molecule is COc1ccc(CC(=O)NNC(=O)[C@H](C)N2C(=O)[C@H]3CC=CC[C@@H]3C2=O)cc1. The number of carbonyl (C=O) groups excluding carboxylic acids is 4. The molecule has 2 aliphatic rings. The van der Waals surface area contributed by atoms with Crippen LogP contribution in [0.1, 0.15) is 25.3 Å². The van der Waals surface area contributed by atoms with Crippen molar-refractivity contribution in [2.24, 2.45) is 11.8 Å². The average Bonchev–Trinajstić information content (AvgIpc) is 2.97. The van der Waals surface area contributed by atoms with Crippen molar-refractivity contribution >= 4 is 23.6 Å². The first kappa shape index (κ1) is 19.6. The lowest BCUT2D eigenvalue weighted by molar-refractivity contribution is -0.147. The molecule has 1 aliphatic carbocycles. The number of methoxy groups -OCH3 is 1. The fraction of sp³-hybridized carbons (Fsp3) is 0.400. The third-order valence-corrected chi connectivity index (χ3v) is 5.16. The molecule has 4 amide bonds. The van der Waals surface area contributed by atoms with E-state index in [-0.39, 0.29) is 18.2 Å². The van der Waals surface area contributed by atoms with Gasteiger partial charge in [0.1, 0.15) is 11.8 Å². The number of hydrazine groups is 1. The maximum absolute atomic E-state index is 12.5. The lowest BCUT2D eigenvalue weighted by Crippen LogP contribution is -2.53. The summed E-state index contributed by atoms with van der Waals surface area (Å²) in [5.41, 5.74) is 5.38. The zero-order valence-electron chi connectivity index (χ0n) is 15.8. The minimum absolute atomic E-state index is 0.0655. The summed E-state index contributed by atoms with van der Waals surface area (Å²) in [5, 5.41) is 0. The number of fused-ring (bicyclic) bond motifs is 1. The highest BCUT2D eigenvalue weighted by Crippen LogP contribution is 2.36. The Morgan fingerprint density at radius 3 is 2.18 bits per heavy atom. The summed E-state index contributed by atoms with van der Waals surface area (Å²) in [6.45, 7) is 1.48. The minimum atomic E-state index is -0.994. The summed E-state index contributed by atoms with van der Waals surface area (Å²) < 4.78 is 5.06. The molecule has 3 atom stereocenters. The van der Waals surface area contributed by atoms with Gasteiger partial charge >= 0.3 is 0 Å². The molecule has 8 nitrogen and oxygen atoms in total. The van der Waals surface area contributed by atoms with Crippen molar-refractivity contribution in [2.45, 2.75) is 32.2 Å². The van der Waals surface area contributed by atoms with Gasteiger partial charge in [-0.25, -0.2) is 0 Å². The van der Waals surface area contributed by atoms with Crippen LogP contribution in [0.4, 0.5) is 0 Å². The van der Waals surface area contributed by atoms with Crippen LogP contribution in [-0.4, -0.2) is 41.7 Å². The number of allylic oxidation sites excluding steroid dienone is 2. The van der Waals surface area contributed by atoms with E-state index in [1.807, 2.05) is 12.2 Å². The van der Waals surface area contributed by atoms with Crippen molar-refractivity contribution in [2.75, 3.05) is 7.11 Å². The Morgan fingerprint density at radius 1 is 1.07 bits per heavy atom. The summed E-state index contributed by atoms with van der Waals surface area (Å²) in [5.74, 6) is -1.78. The Kier molecular flexibility index (Phi) is 5.77. The summed E-state index contributed by atoms with van der Waals surface area (Å²) in [4.78, 5) is 50.5. The molecule has 148 valence electrons. The molecule has 1 aromatic carbocycles. The van der Waals surface area contributed by atoms with Gasteiger partial charge in [-0.05, 0) is 37.5 Å². The Bertz CT molecular complexity index is 792. The standard InChI is InChI=1S/C20H23N3O5/c1-12(23-19(26)15-5-3-4-6-16(15)20(23)27)18(25)22-21-17(24)11-13-7-9-14(28-2)10-8-13/h3-4,7-10,12,15-16H,5-6,11H2,1-2H3,(H,21,24)(H,22,25)/t12-,15-,16-/m0/s1. The molecule has 0 radical (unpaired) electrons. The van der Waals surface area contributed by atoms with E-state index in [1.165, 1.54) is 6.92 Å². The van der Waals surface area contributed by atoms with Crippen molar-refractivity contribution in [1.82, 2.24) is 15.8 Å². The van der Waals surface area contributed by atoms with E-state index in [2.05, 4.69) is 10.9 Å². The molecular weight excluding hydrogens is 362 g/mol. The van der Waals surface area contributed by atoms with E-state index in [9.17, 15) is 19.2 Å². The van der Waals surface area contributed by atoms with Crippen LogP contribution in [0.5, 0.6) is 5.75 Å². The van der Waals surface area contributed by atoms with Crippen LogP contribution in [0.3, 0.4) is 0 Å². The van der Waals surface area contributed by atoms with Crippen molar-refractivity contribution in [1.29, 1.82) is 0 Å². The number of nitrogens with zero attached hydrogens (tertiary/aromatic N) is 1. The quantitative estimate of drug-likeness (QED) is 0.442. The number of benzene rings is 1. The van der Waals surface area contributed by atoms with Gasteiger partial charge in [-0.3, -0.25) is 34.9 Å². The van der Waals surface area contributed by atoms with Crippen molar-refractivity contribution < 1.29 is 23.9 Å². The van der Waals surface area contributed by atoms with Crippen LogP contribution >= 0.6 is 0 Å². The number of carbonyl (C=O) groups is 4. The first-order valence-electron chi connectivity index (χ1n) is 9.16. The first-order valence-corrected chi connectivity index (χ1v) is 9.16. The molecule has 0 aromatic heterocycles. The van der Waals surface area contributed by atoms with Gasteiger partial charge in [-0.2, -0.15) is 0 Å². The maximum atomic E-state index is 12.5. The van der Waals surface area contributed by atoms with Gasteiger partial charge in [0, 0.05) is 0 Å². The molecule has 0 unspecified atom stereocenters. The number of hydrogen-bond donors (Lipinski definition) is 2. The molecule has 0 bridgehead atoms. The summed E-state index contributed by atoms with van der Waals surface area (Å²) >= 11 is 0. The number of hydrogen-bond acceptors (Lipinski definition) is 5. The maximum Gasteiger partial charge on any atom is 0.261 e. The molecule has 1 saturated heterocycles. The zero-order chi connectivity index (χ0) is 20.3. The molecule has 0 saturated carbocycles. The molecule has 0 spiro atoms. The summed E-state index contributed by atoms with van der Waals surface area (Å²) in [7, 11) is 1.56. The van der Waals surface area contributed by atoms with E-state index >= 15 is 0 Å². The fourth-order valence-corrected chi connectivity index (χ4v) is 3.53. The Labute approximate surface area is 162 Å². The lowest BCUT2D eigenvalue weighted by atomic mass is 9.85. The number of amides is 4. The fourth-order valence-electron chi connectivity index (χ4n) is 3.53. The molecule has 1 aliphatic heterocycles. The highest BCUT2D eigenvalue weighted by Gasteiger charge is 2.50. The third-order valence-electron chi connectivity index (χ3n) is 5.16. The predicted molar refractivity (Wildman–Crippen MR) is 99.7 cm³/mol. The Morgan fingerprint density at radius 2 is 1.64 bits per heavy atom. The van der Waals surface area contributed by atoms with Gasteiger partial charge in [-0.1, -0.05) is 24.3 Å². The van der Waals surface area contributed by atoms with Crippen molar-refractivity contribution in [3.63, 3.8) is 0 Å².